The Hall–Kier alpha value is -2.77. The van der Waals surface area contributed by atoms with Gasteiger partial charge in [0, 0.05) is 18.7 Å². The second-order valence-electron chi connectivity index (χ2n) is 6.41. The van der Waals surface area contributed by atoms with Gasteiger partial charge in [-0.25, -0.2) is 0 Å². The summed E-state index contributed by atoms with van der Waals surface area (Å²) in [5.41, 5.74) is -2.48. The number of fused-ring (bicyclic) bond motifs is 1. The van der Waals surface area contributed by atoms with Gasteiger partial charge in [0.25, 0.3) is 5.91 Å². The van der Waals surface area contributed by atoms with Crippen LogP contribution < -0.4 is 9.47 Å². The number of likely N-dealkylation sites (tertiary alicyclic amines) is 1. The highest BCUT2D eigenvalue weighted by atomic mass is 16.5. The second kappa shape index (κ2) is 5.65. The quantitative estimate of drug-likeness (QED) is 0.790. The highest BCUT2D eigenvalue weighted by Crippen LogP contribution is 2.68. The van der Waals surface area contributed by atoms with Gasteiger partial charge in [0.15, 0.2) is 11.5 Å². The molecule has 1 aromatic carbocycles. The number of piperidine rings is 1. The summed E-state index contributed by atoms with van der Waals surface area (Å²) in [7, 11) is 1.45. The van der Waals surface area contributed by atoms with E-state index in [1.54, 1.807) is 12.1 Å². The van der Waals surface area contributed by atoms with E-state index >= 15 is 0 Å². The first-order valence-electron chi connectivity index (χ1n) is 7.88. The molecule has 2 fully saturated rings. The summed E-state index contributed by atoms with van der Waals surface area (Å²) in [5, 5.41) is 18.9. The first-order valence-corrected chi connectivity index (χ1v) is 7.88. The number of aliphatic carboxylic acids is 2. The van der Waals surface area contributed by atoms with Crippen LogP contribution in [0.1, 0.15) is 23.7 Å². The van der Waals surface area contributed by atoms with Crippen molar-refractivity contribution in [1.29, 1.82) is 0 Å². The third kappa shape index (κ3) is 2.32. The number of amides is 1. The standard InChI is InChI=1S/C17H19NO7/c1-3-25-11-5-4-10(6-12(11)24-2)13(19)18-8-16(14(20)21)7-17(16,9-18)15(22)23/h4-6H,3,7-9H2,1-2H3,(H,20,21)(H,22,23)/t16-,17+. The molecule has 0 unspecified atom stereocenters. The molecule has 1 heterocycles. The molecule has 0 radical (unpaired) electrons. The van der Waals surface area contributed by atoms with Crippen molar-refractivity contribution in [3.8, 4) is 11.5 Å². The summed E-state index contributed by atoms with van der Waals surface area (Å²) in [6.45, 7) is 2.05. The number of hydrogen-bond donors (Lipinski definition) is 2. The summed E-state index contributed by atoms with van der Waals surface area (Å²) in [5.74, 6) is -1.88. The number of carbonyl (C=O) groups excluding carboxylic acids is 1. The summed E-state index contributed by atoms with van der Waals surface area (Å²) in [4.78, 5) is 37.1. The zero-order chi connectivity index (χ0) is 18.4. The number of nitrogens with zero attached hydrogens (tertiary/aromatic N) is 1. The number of rotatable bonds is 6. The van der Waals surface area contributed by atoms with Crippen LogP contribution in [0.2, 0.25) is 0 Å². The highest BCUT2D eigenvalue weighted by molar-refractivity contribution is 6.00. The fraction of sp³-hybridized carbons (Fsp3) is 0.471. The Morgan fingerprint density at radius 1 is 1.12 bits per heavy atom. The molecule has 0 spiro atoms. The van der Waals surface area contributed by atoms with E-state index in [2.05, 4.69) is 0 Å². The van der Waals surface area contributed by atoms with Crippen molar-refractivity contribution in [1.82, 2.24) is 4.90 Å². The third-order valence-electron chi connectivity index (χ3n) is 5.13. The van der Waals surface area contributed by atoms with E-state index in [4.69, 9.17) is 9.47 Å². The van der Waals surface area contributed by atoms with Crippen molar-refractivity contribution >= 4 is 17.8 Å². The topological polar surface area (TPSA) is 113 Å². The van der Waals surface area contributed by atoms with Gasteiger partial charge in [-0.1, -0.05) is 0 Å². The maximum absolute atomic E-state index is 12.7. The van der Waals surface area contributed by atoms with Crippen LogP contribution in [-0.4, -0.2) is 59.8 Å². The molecule has 1 aromatic rings. The maximum Gasteiger partial charge on any atom is 0.312 e. The van der Waals surface area contributed by atoms with Crippen molar-refractivity contribution in [2.75, 3.05) is 26.8 Å². The fourth-order valence-corrected chi connectivity index (χ4v) is 3.69. The lowest BCUT2D eigenvalue weighted by Crippen LogP contribution is -2.34. The Kier molecular flexibility index (Phi) is 3.85. The van der Waals surface area contributed by atoms with E-state index in [1.165, 1.54) is 18.1 Å². The largest absolute Gasteiger partial charge is 0.493 e. The SMILES string of the molecule is CCOc1ccc(C(=O)N2C[C@@]3(C(=O)O)C[C@@]3(C(=O)O)C2)cc1OC. The van der Waals surface area contributed by atoms with Gasteiger partial charge in [0.2, 0.25) is 0 Å². The monoisotopic (exact) mass is 349 g/mol. The zero-order valence-electron chi connectivity index (χ0n) is 13.9. The predicted molar refractivity (Wildman–Crippen MR) is 84.8 cm³/mol. The van der Waals surface area contributed by atoms with Crippen LogP contribution in [0.4, 0.5) is 0 Å². The van der Waals surface area contributed by atoms with Crippen molar-refractivity contribution in [2.45, 2.75) is 13.3 Å². The van der Waals surface area contributed by atoms with Gasteiger partial charge in [-0.05, 0) is 31.5 Å². The Bertz CT molecular complexity index is 733. The van der Waals surface area contributed by atoms with Crippen LogP contribution in [0.15, 0.2) is 18.2 Å². The molecule has 0 bridgehead atoms. The smallest absolute Gasteiger partial charge is 0.312 e. The molecular formula is C17H19NO7. The first kappa shape index (κ1) is 17.1. The van der Waals surface area contributed by atoms with E-state index in [9.17, 15) is 24.6 Å². The fourth-order valence-electron chi connectivity index (χ4n) is 3.69. The van der Waals surface area contributed by atoms with Crippen LogP contribution in [0.25, 0.3) is 0 Å². The van der Waals surface area contributed by atoms with Gasteiger partial charge >= 0.3 is 11.9 Å². The average Bonchev–Trinajstić information content (AvgIpc) is 3.13. The predicted octanol–water partition coefficient (Wildman–Crippen LogP) is 1.10. The molecule has 2 aliphatic rings. The summed E-state index contributed by atoms with van der Waals surface area (Å²) in [6.07, 6.45) is 0.0566. The van der Waals surface area contributed by atoms with Crippen molar-refractivity contribution in [3.05, 3.63) is 23.8 Å². The van der Waals surface area contributed by atoms with Gasteiger partial charge < -0.3 is 24.6 Å². The van der Waals surface area contributed by atoms with E-state index in [-0.39, 0.29) is 19.5 Å². The minimum absolute atomic E-state index is 0.0566. The second-order valence-corrected chi connectivity index (χ2v) is 6.41. The summed E-state index contributed by atoms with van der Waals surface area (Å²) >= 11 is 0. The molecular weight excluding hydrogens is 330 g/mol. The van der Waals surface area contributed by atoms with Crippen LogP contribution in [0, 0.1) is 10.8 Å². The maximum atomic E-state index is 12.7. The van der Waals surface area contributed by atoms with Gasteiger partial charge in [0.1, 0.15) is 10.8 Å². The normalized spacial score (nSPS) is 26.7. The van der Waals surface area contributed by atoms with Crippen LogP contribution >= 0.6 is 0 Å². The first-order chi connectivity index (χ1) is 11.8. The van der Waals surface area contributed by atoms with E-state index in [0.29, 0.717) is 23.7 Å². The molecule has 1 aliphatic heterocycles. The Balaban J connectivity index is 1.86. The molecule has 8 nitrogen and oxygen atoms in total. The lowest BCUT2D eigenvalue weighted by atomic mass is 9.97. The number of methoxy groups -OCH3 is 1. The van der Waals surface area contributed by atoms with E-state index in [1.807, 2.05) is 6.92 Å². The number of ether oxygens (including phenoxy) is 2. The number of carboxylic acid groups (broad SMARTS) is 2. The zero-order valence-corrected chi connectivity index (χ0v) is 13.9. The summed E-state index contributed by atoms with van der Waals surface area (Å²) in [6, 6.07) is 4.67. The van der Waals surface area contributed by atoms with Gasteiger partial charge in [-0.15, -0.1) is 0 Å². The molecule has 3 rings (SSSR count). The third-order valence-corrected chi connectivity index (χ3v) is 5.13. The van der Waals surface area contributed by atoms with E-state index in [0.717, 1.165) is 0 Å². The van der Waals surface area contributed by atoms with Crippen LogP contribution in [0.5, 0.6) is 11.5 Å². The molecule has 2 N–H and O–H groups in total. The lowest BCUT2D eigenvalue weighted by molar-refractivity contribution is -0.151. The molecule has 1 saturated heterocycles. The van der Waals surface area contributed by atoms with Crippen molar-refractivity contribution in [2.24, 2.45) is 10.8 Å². The average molecular weight is 349 g/mol. The number of hydrogen-bond acceptors (Lipinski definition) is 5. The van der Waals surface area contributed by atoms with Crippen molar-refractivity contribution in [3.63, 3.8) is 0 Å². The minimum Gasteiger partial charge on any atom is -0.493 e. The molecule has 1 aliphatic carbocycles. The van der Waals surface area contributed by atoms with Crippen LogP contribution in [-0.2, 0) is 9.59 Å². The Labute approximate surface area is 143 Å². The number of carboxylic acids is 2. The molecule has 1 saturated carbocycles. The molecule has 8 heteroatoms. The van der Waals surface area contributed by atoms with Crippen LogP contribution in [0.3, 0.4) is 0 Å². The molecule has 2 atom stereocenters. The Morgan fingerprint density at radius 2 is 1.72 bits per heavy atom. The van der Waals surface area contributed by atoms with Crippen molar-refractivity contribution < 1.29 is 34.1 Å². The Morgan fingerprint density at radius 3 is 2.20 bits per heavy atom. The molecule has 25 heavy (non-hydrogen) atoms. The lowest BCUT2D eigenvalue weighted by Gasteiger charge is -2.20. The summed E-state index contributed by atoms with van der Waals surface area (Å²) < 4.78 is 10.6. The highest BCUT2D eigenvalue weighted by Gasteiger charge is 2.81. The molecule has 1 amide bonds. The van der Waals surface area contributed by atoms with E-state index < -0.39 is 28.7 Å². The van der Waals surface area contributed by atoms with Gasteiger partial charge in [-0.3, -0.25) is 14.4 Å². The number of carbonyl (C=O) groups is 3. The van der Waals surface area contributed by atoms with Gasteiger partial charge in [-0.2, -0.15) is 0 Å². The van der Waals surface area contributed by atoms with Gasteiger partial charge in [0.05, 0.1) is 13.7 Å². The number of benzene rings is 1. The molecule has 0 aromatic heterocycles. The molecule has 134 valence electrons. The minimum atomic E-state index is -1.39.